The van der Waals surface area contributed by atoms with Crippen LogP contribution in [0.4, 0.5) is 4.79 Å². The van der Waals surface area contributed by atoms with E-state index in [4.69, 9.17) is 4.74 Å². The van der Waals surface area contributed by atoms with Crippen LogP contribution in [0.15, 0.2) is 0 Å². The Bertz CT molecular complexity index is 369. The minimum Gasteiger partial charge on any atom is -0.446 e. The lowest BCUT2D eigenvalue weighted by molar-refractivity contribution is 0.121. The molecule has 0 aromatic rings. The van der Waals surface area contributed by atoms with Crippen molar-refractivity contribution in [3.8, 4) is 0 Å². The Balaban J connectivity index is 4.27. The van der Waals surface area contributed by atoms with Crippen LogP contribution < -0.4 is 9.44 Å². The number of alkyl halides is 1. The molecule has 0 aromatic heterocycles. The molecule has 0 bridgehead atoms. The van der Waals surface area contributed by atoms with E-state index in [0.717, 1.165) is 12.8 Å². The first kappa shape index (κ1) is 18.7. The van der Waals surface area contributed by atoms with Crippen LogP contribution in [-0.2, 0) is 14.9 Å². The fourth-order valence-corrected chi connectivity index (χ4v) is 3.40. The third-order valence-corrected chi connectivity index (χ3v) is 4.64. The Morgan fingerprint density at radius 1 is 1.26 bits per heavy atom. The van der Waals surface area contributed by atoms with Crippen molar-refractivity contribution >= 4 is 32.2 Å². The van der Waals surface area contributed by atoms with Gasteiger partial charge in [-0.2, -0.15) is 13.1 Å². The van der Waals surface area contributed by atoms with Gasteiger partial charge in [0.25, 0.3) is 0 Å². The molecule has 0 fully saturated rings. The Kier molecular flexibility index (Phi) is 8.60. The molecular formula is C11H23BrN2O4S. The normalized spacial score (nSPS) is 13.6. The number of carbonyl (C=O) groups excluding carboxylic acids is 1. The lowest BCUT2D eigenvalue weighted by Gasteiger charge is -2.20. The molecule has 1 amide bonds. The Hall–Kier alpha value is -0.340. The summed E-state index contributed by atoms with van der Waals surface area (Å²) in [5.74, 6) is 0.380. The van der Waals surface area contributed by atoms with E-state index in [1.54, 1.807) is 18.6 Å². The van der Waals surface area contributed by atoms with E-state index < -0.39 is 16.3 Å². The van der Waals surface area contributed by atoms with Gasteiger partial charge in [0.2, 0.25) is 0 Å². The predicted molar refractivity (Wildman–Crippen MR) is 78.5 cm³/mol. The first-order valence-electron chi connectivity index (χ1n) is 6.33. The molecule has 0 rings (SSSR count). The van der Waals surface area contributed by atoms with Gasteiger partial charge in [0.15, 0.2) is 0 Å². The zero-order valence-corrected chi connectivity index (χ0v) is 14.2. The number of halogens is 1. The van der Waals surface area contributed by atoms with E-state index in [9.17, 15) is 13.2 Å². The maximum Gasteiger partial charge on any atom is 0.422 e. The molecule has 6 nitrogen and oxygen atoms in total. The molecule has 0 aliphatic carbocycles. The van der Waals surface area contributed by atoms with Crippen molar-refractivity contribution in [1.29, 1.82) is 0 Å². The first-order chi connectivity index (χ1) is 8.71. The number of ether oxygens (including phenoxy) is 1. The van der Waals surface area contributed by atoms with Gasteiger partial charge in [-0.3, -0.25) is 0 Å². The van der Waals surface area contributed by atoms with Gasteiger partial charge in [-0.15, -0.1) is 0 Å². The highest BCUT2D eigenvalue weighted by molar-refractivity contribution is 9.09. The minimum atomic E-state index is -3.88. The number of amides is 1. The van der Waals surface area contributed by atoms with Gasteiger partial charge in [0.05, 0.1) is 6.10 Å². The molecule has 0 aliphatic heterocycles. The van der Waals surface area contributed by atoms with E-state index in [1.165, 1.54) is 0 Å². The second-order valence-electron chi connectivity index (χ2n) is 4.50. The van der Waals surface area contributed by atoms with Crippen molar-refractivity contribution in [3.63, 3.8) is 0 Å². The molecular weight excluding hydrogens is 336 g/mol. The summed E-state index contributed by atoms with van der Waals surface area (Å²) in [4.78, 5) is 11.2. The van der Waals surface area contributed by atoms with Crippen LogP contribution in [0, 0.1) is 5.92 Å². The summed E-state index contributed by atoms with van der Waals surface area (Å²) in [7, 11) is -3.88. The zero-order valence-electron chi connectivity index (χ0n) is 11.8. The van der Waals surface area contributed by atoms with Crippen LogP contribution in [0.2, 0.25) is 0 Å². The first-order valence-corrected chi connectivity index (χ1v) is 8.73. The maximum atomic E-state index is 11.6. The monoisotopic (exact) mass is 358 g/mol. The Morgan fingerprint density at radius 3 is 2.21 bits per heavy atom. The lowest BCUT2D eigenvalue weighted by atomic mass is 10.00. The zero-order chi connectivity index (χ0) is 15.1. The summed E-state index contributed by atoms with van der Waals surface area (Å²) in [5, 5.41) is 0. The van der Waals surface area contributed by atoms with Gasteiger partial charge in [-0.25, -0.2) is 9.52 Å². The van der Waals surface area contributed by atoms with Crippen LogP contribution in [-0.4, -0.2) is 32.0 Å². The third-order valence-electron chi connectivity index (χ3n) is 2.59. The average Bonchev–Trinajstić information content (AvgIpc) is 2.26. The fourth-order valence-electron chi connectivity index (χ4n) is 1.54. The Labute approximate surface area is 124 Å². The molecule has 0 heterocycles. The van der Waals surface area contributed by atoms with Gasteiger partial charge in [0, 0.05) is 11.4 Å². The van der Waals surface area contributed by atoms with Crippen molar-refractivity contribution < 1.29 is 17.9 Å². The highest BCUT2D eigenvalue weighted by Crippen LogP contribution is 2.19. The second-order valence-corrected chi connectivity index (χ2v) is 7.18. The van der Waals surface area contributed by atoms with Gasteiger partial charge < -0.3 is 4.74 Å². The molecule has 2 N–H and O–H groups in total. The van der Waals surface area contributed by atoms with Crippen LogP contribution in [0.1, 0.15) is 40.5 Å². The van der Waals surface area contributed by atoms with Crippen LogP contribution >= 0.6 is 15.9 Å². The van der Waals surface area contributed by atoms with Crippen LogP contribution in [0.25, 0.3) is 0 Å². The fraction of sp³-hybridized carbons (Fsp3) is 0.909. The maximum absolute atomic E-state index is 11.6. The largest absolute Gasteiger partial charge is 0.446 e. The molecule has 0 aromatic carbocycles. The summed E-state index contributed by atoms with van der Waals surface area (Å²) in [6.45, 7) is 7.60. The van der Waals surface area contributed by atoms with Crippen molar-refractivity contribution in [2.75, 3.05) is 6.54 Å². The van der Waals surface area contributed by atoms with E-state index in [0.29, 0.717) is 5.92 Å². The summed E-state index contributed by atoms with van der Waals surface area (Å²) in [6.07, 6.45) is 0.563. The van der Waals surface area contributed by atoms with Crippen LogP contribution in [0.5, 0.6) is 0 Å². The summed E-state index contributed by atoms with van der Waals surface area (Å²) < 4.78 is 32.0. The number of carbonyl (C=O) groups is 1. The highest BCUT2D eigenvalue weighted by atomic mass is 79.9. The van der Waals surface area contributed by atoms with E-state index in [2.05, 4.69) is 34.5 Å². The van der Waals surface area contributed by atoms with E-state index in [1.807, 2.05) is 0 Å². The molecule has 0 saturated carbocycles. The molecule has 0 spiro atoms. The number of rotatable bonds is 8. The topological polar surface area (TPSA) is 84.5 Å². The molecule has 0 radical (unpaired) electrons. The molecule has 19 heavy (non-hydrogen) atoms. The van der Waals surface area contributed by atoms with Crippen molar-refractivity contribution in [1.82, 2.24) is 9.44 Å². The number of hydrogen-bond acceptors (Lipinski definition) is 4. The standard InChI is InChI=1S/C11H23BrN2O4S/c1-5-9(6-2)10(12)7-13-19(16,17)14-11(15)18-8(3)4/h8-10,13H,5-7H2,1-4H3,(H,14,15). The smallest absolute Gasteiger partial charge is 0.422 e. The lowest BCUT2D eigenvalue weighted by Crippen LogP contribution is -2.43. The van der Waals surface area contributed by atoms with Crippen molar-refractivity contribution in [2.45, 2.75) is 51.5 Å². The van der Waals surface area contributed by atoms with Gasteiger partial charge >= 0.3 is 16.3 Å². The van der Waals surface area contributed by atoms with Crippen LogP contribution in [0.3, 0.4) is 0 Å². The predicted octanol–water partition coefficient (Wildman–Crippen LogP) is 2.16. The number of hydrogen-bond donors (Lipinski definition) is 2. The second kappa shape index (κ2) is 8.76. The molecule has 1 unspecified atom stereocenters. The van der Waals surface area contributed by atoms with E-state index >= 15 is 0 Å². The van der Waals surface area contributed by atoms with Crippen molar-refractivity contribution in [2.24, 2.45) is 5.92 Å². The Morgan fingerprint density at radius 2 is 1.79 bits per heavy atom. The highest BCUT2D eigenvalue weighted by Gasteiger charge is 2.20. The summed E-state index contributed by atoms with van der Waals surface area (Å²) in [5.41, 5.74) is 0. The van der Waals surface area contributed by atoms with Crippen molar-refractivity contribution in [3.05, 3.63) is 0 Å². The summed E-state index contributed by atoms with van der Waals surface area (Å²) in [6, 6.07) is 0. The molecule has 0 saturated heterocycles. The number of nitrogens with one attached hydrogen (secondary N) is 2. The molecule has 0 aliphatic rings. The average molecular weight is 359 g/mol. The van der Waals surface area contributed by atoms with Gasteiger partial charge in [-0.05, 0) is 19.8 Å². The van der Waals surface area contributed by atoms with Gasteiger partial charge in [-0.1, -0.05) is 42.6 Å². The SMILES string of the molecule is CCC(CC)C(Br)CNS(=O)(=O)NC(=O)OC(C)C. The molecule has 8 heteroatoms. The van der Waals surface area contributed by atoms with E-state index in [-0.39, 0.29) is 17.5 Å². The molecule has 1 atom stereocenters. The third kappa shape index (κ3) is 8.43. The van der Waals surface area contributed by atoms with Gasteiger partial charge in [0.1, 0.15) is 0 Å². The quantitative estimate of drug-likeness (QED) is 0.651. The summed E-state index contributed by atoms with van der Waals surface area (Å²) >= 11 is 3.45. The minimum absolute atomic E-state index is 0.0280. The molecule has 114 valence electrons.